The highest BCUT2D eigenvalue weighted by Crippen LogP contribution is 2.21. The summed E-state index contributed by atoms with van der Waals surface area (Å²) in [6, 6.07) is 5.73. The average molecular weight is 337 g/mol. The van der Waals surface area contributed by atoms with E-state index in [0.29, 0.717) is 28.9 Å². The zero-order chi connectivity index (χ0) is 14.7. The van der Waals surface area contributed by atoms with Gasteiger partial charge in [0, 0.05) is 12.7 Å². The molecule has 1 aromatic heterocycles. The highest BCUT2D eigenvalue weighted by Gasteiger charge is 2.19. The van der Waals surface area contributed by atoms with E-state index in [4.69, 9.17) is 4.74 Å². The molecule has 0 saturated carbocycles. The number of carbonyl (C=O) groups is 1. The van der Waals surface area contributed by atoms with Gasteiger partial charge in [-0.05, 0) is 47.0 Å². The lowest BCUT2D eigenvalue weighted by atomic mass is 10.0. The van der Waals surface area contributed by atoms with Crippen molar-refractivity contribution in [2.24, 2.45) is 0 Å². The number of benzene rings is 1. The Balaban J connectivity index is 2.37. The molecule has 0 aliphatic rings. The fraction of sp³-hybridized carbons (Fsp3) is 0.333. The van der Waals surface area contributed by atoms with Gasteiger partial charge in [0.15, 0.2) is 0 Å². The van der Waals surface area contributed by atoms with E-state index >= 15 is 0 Å². The minimum Gasteiger partial charge on any atom is -0.383 e. The Labute approximate surface area is 126 Å². The molecule has 106 valence electrons. The third kappa shape index (κ3) is 2.99. The second-order valence-corrected chi connectivity index (χ2v) is 5.54. The molecule has 0 unspecified atom stereocenters. The fourth-order valence-corrected chi connectivity index (χ4v) is 2.43. The zero-order valence-corrected chi connectivity index (χ0v) is 13.4. The highest BCUT2D eigenvalue weighted by atomic mass is 79.9. The van der Waals surface area contributed by atoms with Crippen LogP contribution in [0.25, 0.3) is 0 Å². The summed E-state index contributed by atoms with van der Waals surface area (Å²) in [5.41, 5.74) is 3.52. The van der Waals surface area contributed by atoms with Gasteiger partial charge < -0.3 is 4.74 Å². The van der Waals surface area contributed by atoms with Crippen LogP contribution in [0.15, 0.2) is 28.9 Å². The molecule has 0 bridgehead atoms. The van der Waals surface area contributed by atoms with Crippen LogP contribution in [0.5, 0.6) is 0 Å². The van der Waals surface area contributed by atoms with Crippen LogP contribution >= 0.6 is 15.9 Å². The average Bonchev–Trinajstić information content (AvgIpc) is 2.80. The quantitative estimate of drug-likeness (QED) is 0.788. The molecule has 0 saturated heterocycles. The Morgan fingerprint density at radius 2 is 2.10 bits per heavy atom. The number of ether oxygens (including phenoxy) is 1. The SMILES string of the molecule is COCCn1ncc(Br)c1C(=O)c1ccc(C)c(C)c1. The number of hydrogen-bond donors (Lipinski definition) is 0. The summed E-state index contributed by atoms with van der Waals surface area (Å²) in [5, 5.41) is 4.21. The monoisotopic (exact) mass is 336 g/mol. The molecule has 2 aromatic rings. The highest BCUT2D eigenvalue weighted by molar-refractivity contribution is 9.10. The number of aryl methyl sites for hydroxylation is 2. The van der Waals surface area contributed by atoms with Gasteiger partial charge in [-0.25, -0.2) is 0 Å². The summed E-state index contributed by atoms with van der Waals surface area (Å²) < 4.78 is 7.42. The van der Waals surface area contributed by atoms with Gasteiger partial charge in [-0.1, -0.05) is 12.1 Å². The van der Waals surface area contributed by atoms with Crippen molar-refractivity contribution in [1.82, 2.24) is 9.78 Å². The van der Waals surface area contributed by atoms with Crippen LogP contribution in [-0.2, 0) is 11.3 Å². The molecule has 0 atom stereocenters. The molecule has 0 fully saturated rings. The van der Waals surface area contributed by atoms with Crippen LogP contribution in [0.2, 0.25) is 0 Å². The van der Waals surface area contributed by atoms with Crippen molar-refractivity contribution < 1.29 is 9.53 Å². The topological polar surface area (TPSA) is 44.1 Å². The van der Waals surface area contributed by atoms with Crippen LogP contribution in [0.3, 0.4) is 0 Å². The first-order chi connectivity index (χ1) is 9.54. The summed E-state index contributed by atoms with van der Waals surface area (Å²) in [6.45, 7) is 5.10. The van der Waals surface area contributed by atoms with Gasteiger partial charge in [-0.15, -0.1) is 0 Å². The Morgan fingerprint density at radius 3 is 2.75 bits per heavy atom. The second kappa shape index (κ2) is 6.33. The minimum atomic E-state index is -0.0337. The third-order valence-corrected chi connectivity index (χ3v) is 3.87. The van der Waals surface area contributed by atoms with Crippen LogP contribution < -0.4 is 0 Å². The summed E-state index contributed by atoms with van der Waals surface area (Å²) in [6.07, 6.45) is 1.64. The van der Waals surface area contributed by atoms with Crippen LogP contribution in [0.1, 0.15) is 27.2 Å². The molecule has 2 rings (SSSR count). The smallest absolute Gasteiger partial charge is 0.212 e. The molecule has 0 radical (unpaired) electrons. The maximum Gasteiger partial charge on any atom is 0.212 e. The molecule has 1 aromatic carbocycles. The Morgan fingerprint density at radius 1 is 1.35 bits per heavy atom. The standard InChI is InChI=1S/C15H17BrN2O2/c1-10-4-5-12(8-11(10)2)15(19)14-13(16)9-17-18(14)6-7-20-3/h4-5,8-9H,6-7H2,1-3H3. The molecular weight excluding hydrogens is 320 g/mol. The van der Waals surface area contributed by atoms with E-state index in [1.54, 1.807) is 18.0 Å². The molecule has 4 nitrogen and oxygen atoms in total. The van der Waals surface area contributed by atoms with E-state index in [1.165, 1.54) is 5.56 Å². The fourth-order valence-electron chi connectivity index (χ4n) is 1.95. The summed E-state index contributed by atoms with van der Waals surface area (Å²) in [4.78, 5) is 12.6. The van der Waals surface area contributed by atoms with Gasteiger partial charge in [0.05, 0.1) is 23.8 Å². The molecule has 1 heterocycles. The van der Waals surface area contributed by atoms with Crippen molar-refractivity contribution in [3.05, 3.63) is 51.3 Å². The van der Waals surface area contributed by atoms with Crippen LogP contribution in [0.4, 0.5) is 0 Å². The van der Waals surface area contributed by atoms with E-state index in [2.05, 4.69) is 21.0 Å². The zero-order valence-electron chi connectivity index (χ0n) is 11.8. The van der Waals surface area contributed by atoms with Crippen molar-refractivity contribution in [2.45, 2.75) is 20.4 Å². The minimum absolute atomic E-state index is 0.0337. The van der Waals surface area contributed by atoms with E-state index < -0.39 is 0 Å². The van der Waals surface area contributed by atoms with Gasteiger partial charge in [0.25, 0.3) is 0 Å². The van der Waals surface area contributed by atoms with Gasteiger partial charge in [-0.2, -0.15) is 5.10 Å². The summed E-state index contributed by atoms with van der Waals surface area (Å²) in [7, 11) is 1.63. The summed E-state index contributed by atoms with van der Waals surface area (Å²) in [5.74, 6) is -0.0337. The maximum atomic E-state index is 12.6. The van der Waals surface area contributed by atoms with Gasteiger partial charge >= 0.3 is 0 Å². The largest absolute Gasteiger partial charge is 0.383 e. The van der Waals surface area contributed by atoms with Crippen LogP contribution in [-0.4, -0.2) is 29.3 Å². The van der Waals surface area contributed by atoms with Crippen molar-refractivity contribution >= 4 is 21.7 Å². The molecule has 20 heavy (non-hydrogen) atoms. The first kappa shape index (κ1) is 14.9. The van der Waals surface area contributed by atoms with Crippen LogP contribution in [0, 0.1) is 13.8 Å². The molecule has 0 amide bonds. The summed E-state index contributed by atoms with van der Waals surface area (Å²) >= 11 is 3.39. The number of nitrogens with zero attached hydrogens (tertiary/aromatic N) is 2. The Kier molecular flexibility index (Phi) is 4.73. The lowest BCUT2D eigenvalue weighted by molar-refractivity contribution is 0.102. The molecule has 0 N–H and O–H groups in total. The van der Waals surface area contributed by atoms with Gasteiger partial charge in [0.1, 0.15) is 5.69 Å². The van der Waals surface area contributed by atoms with Crippen molar-refractivity contribution in [1.29, 1.82) is 0 Å². The lowest BCUT2D eigenvalue weighted by Crippen LogP contribution is -2.15. The van der Waals surface area contributed by atoms with E-state index in [1.807, 2.05) is 32.0 Å². The predicted molar refractivity (Wildman–Crippen MR) is 81.2 cm³/mol. The van der Waals surface area contributed by atoms with E-state index in [-0.39, 0.29) is 5.78 Å². The number of hydrogen-bond acceptors (Lipinski definition) is 3. The molecular formula is C15H17BrN2O2. The predicted octanol–water partition coefficient (Wildman–Crippen LogP) is 3.14. The van der Waals surface area contributed by atoms with Crippen molar-refractivity contribution in [2.75, 3.05) is 13.7 Å². The maximum absolute atomic E-state index is 12.6. The van der Waals surface area contributed by atoms with Gasteiger partial charge in [0.2, 0.25) is 5.78 Å². The first-order valence-corrected chi connectivity index (χ1v) is 7.16. The molecule has 0 spiro atoms. The number of aromatic nitrogens is 2. The molecule has 0 aliphatic heterocycles. The number of ketones is 1. The number of methoxy groups -OCH3 is 1. The Bertz CT molecular complexity index is 635. The van der Waals surface area contributed by atoms with Gasteiger partial charge in [-0.3, -0.25) is 9.48 Å². The molecule has 5 heteroatoms. The number of halogens is 1. The second-order valence-electron chi connectivity index (χ2n) is 4.69. The first-order valence-electron chi connectivity index (χ1n) is 6.36. The van der Waals surface area contributed by atoms with Crippen molar-refractivity contribution in [3.8, 4) is 0 Å². The lowest BCUT2D eigenvalue weighted by Gasteiger charge is -2.08. The Hall–Kier alpha value is -1.46. The third-order valence-electron chi connectivity index (χ3n) is 3.29. The normalized spacial score (nSPS) is 10.8. The number of rotatable bonds is 5. The number of carbonyl (C=O) groups excluding carboxylic acids is 1. The van der Waals surface area contributed by atoms with Crippen molar-refractivity contribution in [3.63, 3.8) is 0 Å². The van der Waals surface area contributed by atoms with E-state index in [9.17, 15) is 4.79 Å². The molecule has 0 aliphatic carbocycles. The van der Waals surface area contributed by atoms with E-state index in [0.717, 1.165) is 5.56 Å².